The molecule has 24 heavy (non-hydrogen) atoms. The Hall–Kier alpha value is -1.66. The first-order valence-corrected chi connectivity index (χ1v) is 8.53. The fourth-order valence-electron chi connectivity index (χ4n) is 2.83. The summed E-state index contributed by atoms with van der Waals surface area (Å²) in [5.41, 5.74) is 0. The molecule has 1 aliphatic rings. The lowest BCUT2D eigenvalue weighted by Gasteiger charge is -2.15. The van der Waals surface area contributed by atoms with Crippen LogP contribution in [0.1, 0.15) is 19.3 Å². The van der Waals surface area contributed by atoms with Gasteiger partial charge in [0.05, 0.1) is 13.2 Å². The molecule has 0 saturated carbocycles. The predicted octanol–water partition coefficient (Wildman–Crippen LogP) is 2.07. The minimum Gasteiger partial charge on any atom is -0.493 e. The van der Waals surface area contributed by atoms with Gasteiger partial charge in [-0.15, -0.1) is 0 Å². The minimum atomic E-state index is -0.318. The summed E-state index contributed by atoms with van der Waals surface area (Å²) in [5, 5.41) is 3.00. The van der Waals surface area contributed by atoms with Crippen LogP contribution in [0, 0.1) is 11.7 Å². The number of likely N-dealkylation sites (tertiary alicyclic amines) is 1. The van der Waals surface area contributed by atoms with Gasteiger partial charge in [-0.05, 0) is 37.4 Å². The van der Waals surface area contributed by atoms with E-state index in [0.29, 0.717) is 31.1 Å². The quantitative estimate of drug-likeness (QED) is 0.664. The molecule has 1 aromatic carbocycles. The molecule has 0 aromatic heterocycles. The third-order valence-electron chi connectivity index (χ3n) is 4.18. The van der Waals surface area contributed by atoms with Gasteiger partial charge >= 0.3 is 0 Å². The van der Waals surface area contributed by atoms with Crippen molar-refractivity contribution < 1.29 is 18.7 Å². The highest BCUT2D eigenvalue weighted by Gasteiger charge is 2.22. The van der Waals surface area contributed by atoms with Crippen molar-refractivity contribution in [3.63, 3.8) is 0 Å². The third kappa shape index (κ3) is 6.84. The van der Waals surface area contributed by atoms with Crippen molar-refractivity contribution in [2.45, 2.75) is 19.3 Å². The Kier molecular flexibility index (Phi) is 7.98. The van der Waals surface area contributed by atoms with Crippen molar-refractivity contribution in [2.24, 2.45) is 5.92 Å². The Morgan fingerprint density at radius 3 is 3.08 bits per heavy atom. The van der Waals surface area contributed by atoms with Crippen LogP contribution in [0.3, 0.4) is 0 Å². The Morgan fingerprint density at radius 1 is 1.42 bits per heavy atom. The molecule has 1 N–H and O–H groups in total. The summed E-state index contributed by atoms with van der Waals surface area (Å²) in [6.07, 6.45) is 2.16. The molecule has 0 bridgehead atoms. The molecule has 5 nitrogen and oxygen atoms in total. The first kappa shape index (κ1) is 18.7. The Labute approximate surface area is 143 Å². The summed E-state index contributed by atoms with van der Waals surface area (Å²) in [4.78, 5) is 14.2. The molecule has 0 spiro atoms. The molecule has 134 valence electrons. The van der Waals surface area contributed by atoms with Gasteiger partial charge in [-0.25, -0.2) is 4.39 Å². The molecule has 2 rings (SSSR count). The van der Waals surface area contributed by atoms with E-state index < -0.39 is 0 Å². The van der Waals surface area contributed by atoms with Crippen molar-refractivity contribution in [3.8, 4) is 5.75 Å². The number of carbonyl (C=O) groups is 1. The van der Waals surface area contributed by atoms with Crippen LogP contribution >= 0.6 is 0 Å². The van der Waals surface area contributed by atoms with Crippen LogP contribution in [0.5, 0.6) is 5.75 Å². The van der Waals surface area contributed by atoms with E-state index in [-0.39, 0.29) is 11.7 Å². The van der Waals surface area contributed by atoms with E-state index >= 15 is 0 Å². The number of ether oxygens (including phenoxy) is 2. The predicted molar refractivity (Wildman–Crippen MR) is 90.6 cm³/mol. The Balaban J connectivity index is 1.52. The molecule has 1 aromatic rings. The van der Waals surface area contributed by atoms with E-state index in [1.54, 1.807) is 19.2 Å². The average molecular weight is 338 g/mol. The second-order valence-electron chi connectivity index (χ2n) is 6.16. The zero-order valence-electron chi connectivity index (χ0n) is 14.3. The number of benzene rings is 1. The van der Waals surface area contributed by atoms with Crippen LogP contribution in [-0.4, -0.2) is 57.3 Å². The first-order chi connectivity index (χ1) is 11.7. The lowest BCUT2D eigenvalue weighted by molar-refractivity contribution is -0.121. The number of nitrogens with one attached hydrogen (secondary N) is 1. The first-order valence-electron chi connectivity index (χ1n) is 8.53. The van der Waals surface area contributed by atoms with E-state index in [9.17, 15) is 9.18 Å². The standard InChI is InChI=1S/C18H27FN2O3/c1-23-11-9-21-8-7-15(14-21)13-20-18(22)6-3-10-24-17-5-2-4-16(19)12-17/h2,4-5,12,15H,3,6-11,13-14H2,1H3,(H,20,22)/t15-/m1/s1. The Bertz CT molecular complexity index is 513. The SMILES string of the molecule is COCCN1CC[C@H](CNC(=O)CCCOc2cccc(F)c2)C1. The number of halogens is 1. The molecule has 0 aliphatic carbocycles. The molecule has 1 atom stereocenters. The maximum atomic E-state index is 13.0. The molecule has 1 aliphatic heterocycles. The second kappa shape index (κ2) is 10.3. The van der Waals surface area contributed by atoms with Crippen LogP contribution in [0.15, 0.2) is 24.3 Å². The van der Waals surface area contributed by atoms with Crippen molar-refractivity contribution in [3.05, 3.63) is 30.1 Å². The normalized spacial score (nSPS) is 17.8. The zero-order chi connectivity index (χ0) is 17.2. The maximum Gasteiger partial charge on any atom is 0.220 e. The van der Waals surface area contributed by atoms with Crippen LogP contribution in [0.4, 0.5) is 4.39 Å². The molecule has 6 heteroatoms. The number of hydrogen-bond acceptors (Lipinski definition) is 4. The van der Waals surface area contributed by atoms with Gasteiger partial charge < -0.3 is 19.7 Å². The summed E-state index contributed by atoms with van der Waals surface area (Å²) in [6, 6.07) is 6.03. The molecular formula is C18H27FN2O3. The molecule has 1 fully saturated rings. The van der Waals surface area contributed by atoms with Gasteiger partial charge in [-0.2, -0.15) is 0 Å². The van der Waals surface area contributed by atoms with Gasteiger partial charge in [0, 0.05) is 39.2 Å². The summed E-state index contributed by atoms with van der Waals surface area (Å²) >= 11 is 0. The van der Waals surface area contributed by atoms with E-state index in [1.165, 1.54) is 12.1 Å². The molecule has 1 heterocycles. The van der Waals surface area contributed by atoms with Crippen LogP contribution < -0.4 is 10.1 Å². The van der Waals surface area contributed by atoms with Gasteiger partial charge in [0.2, 0.25) is 5.91 Å². The van der Waals surface area contributed by atoms with Gasteiger partial charge in [0.1, 0.15) is 11.6 Å². The van der Waals surface area contributed by atoms with Crippen molar-refractivity contribution in [1.29, 1.82) is 0 Å². The van der Waals surface area contributed by atoms with Crippen molar-refractivity contribution in [2.75, 3.05) is 46.5 Å². The summed E-state index contributed by atoms with van der Waals surface area (Å²) in [5.74, 6) is 0.751. The van der Waals surface area contributed by atoms with E-state index in [1.807, 2.05) is 0 Å². The maximum absolute atomic E-state index is 13.0. The van der Waals surface area contributed by atoms with Gasteiger partial charge in [0.15, 0.2) is 0 Å². The van der Waals surface area contributed by atoms with Gasteiger partial charge in [-0.1, -0.05) is 6.07 Å². The van der Waals surface area contributed by atoms with Crippen LogP contribution in [-0.2, 0) is 9.53 Å². The summed E-state index contributed by atoms with van der Waals surface area (Å²) in [6.45, 7) is 4.94. The molecule has 1 amide bonds. The van der Waals surface area contributed by atoms with E-state index in [4.69, 9.17) is 9.47 Å². The van der Waals surface area contributed by atoms with Crippen molar-refractivity contribution in [1.82, 2.24) is 10.2 Å². The fraction of sp³-hybridized carbons (Fsp3) is 0.611. The van der Waals surface area contributed by atoms with Gasteiger partial charge in [0.25, 0.3) is 0 Å². The van der Waals surface area contributed by atoms with Crippen LogP contribution in [0.25, 0.3) is 0 Å². The highest BCUT2D eigenvalue weighted by molar-refractivity contribution is 5.75. The number of carbonyl (C=O) groups excluding carboxylic acids is 1. The minimum absolute atomic E-state index is 0.0492. The fourth-order valence-corrected chi connectivity index (χ4v) is 2.83. The van der Waals surface area contributed by atoms with Gasteiger partial charge in [-0.3, -0.25) is 4.79 Å². The largest absolute Gasteiger partial charge is 0.493 e. The highest BCUT2D eigenvalue weighted by atomic mass is 19.1. The Morgan fingerprint density at radius 2 is 2.29 bits per heavy atom. The number of methoxy groups -OCH3 is 1. The summed E-state index contributed by atoms with van der Waals surface area (Å²) < 4.78 is 23.5. The van der Waals surface area contributed by atoms with E-state index in [2.05, 4.69) is 10.2 Å². The molecule has 0 unspecified atom stereocenters. The number of nitrogens with zero attached hydrogens (tertiary/aromatic N) is 1. The second-order valence-corrected chi connectivity index (χ2v) is 6.16. The average Bonchev–Trinajstić information content (AvgIpc) is 3.03. The van der Waals surface area contributed by atoms with E-state index in [0.717, 1.165) is 39.2 Å². The lowest BCUT2D eigenvalue weighted by atomic mass is 10.1. The number of amides is 1. The summed E-state index contributed by atoms with van der Waals surface area (Å²) in [7, 11) is 1.71. The van der Waals surface area contributed by atoms with Crippen LogP contribution in [0.2, 0.25) is 0 Å². The smallest absolute Gasteiger partial charge is 0.220 e. The molecule has 1 saturated heterocycles. The molecular weight excluding hydrogens is 311 g/mol. The van der Waals surface area contributed by atoms with Crippen molar-refractivity contribution >= 4 is 5.91 Å². The monoisotopic (exact) mass is 338 g/mol. The topological polar surface area (TPSA) is 50.8 Å². The number of rotatable bonds is 10. The lowest BCUT2D eigenvalue weighted by Crippen LogP contribution is -2.31. The molecule has 0 radical (unpaired) electrons. The highest BCUT2D eigenvalue weighted by Crippen LogP contribution is 2.15. The zero-order valence-corrected chi connectivity index (χ0v) is 14.3. The number of hydrogen-bond donors (Lipinski definition) is 1. The third-order valence-corrected chi connectivity index (χ3v) is 4.18.